The molecule has 2 aliphatic rings. The summed E-state index contributed by atoms with van der Waals surface area (Å²) in [7, 11) is 0. The van der Waals surface area contributed by atoms with Crippen LogP contribution in [-0.4, -0.2) is 23.1 Å². The first-order valence-electron chi connectivity index (χ1n) is 8.99. The van der Waals surface area contributed by atoms with Gasteiger partial charge in [0, 0.05) is 12.8 Å². The van der Waals surface area contributed by atoms with E-state index in [1.807, 2.05) is 41.5 Å². The lowest BCUT2D eigenvalue weighted by atomic mass is 9.89. The molecular formula is C20H30O5. The third-order valence-electron chi connectivity index (χ3n) is 3.83. The lowest BCUT2D eigenvalue weighted by Crippen LogP contribution is -2.37. The molecule has 0 radical (unpaired) electrons. The average molecular weight is 350 g/mol. The molecule has 0 N–H and O–H groups in total. The van der Waals surface area contributed by atoms with Crippen molar-refractivity contribution in [3.8, 4) is 0 Å². The van der Waals surface area contributed by atoms with E-state index in [1.165, 1.54) is 0 Å². The van der Waals surface area contributed by atoms with E-state index in [4.69, 9.17) is 14.2 Å². The minimum absolute atomic E-state index is 0.428. The summed E-state index contributed by atoms with van der Waals surface area (Å²) in [5.41, 5.74) is -1.25. The highest BCUT2D eigenvalue weighted by Gasteiger charge is 2.39. The van der Waals surface area contributed by atoms with Gasteiger partial charge in [0.2, 0.25) is 0 Å². The highest BCUT2D eigenvalue weighted by molar-refractivity contribution is 5.85. The maximum atomic E-state index is 12.8. The number of ether oxygens (including phenoxy) is 3. The Balaban J connectivity index is 2.37. The van der Waals surface area contributed by atoms with Crippen LogP contribution in [0.5, 0.6) is 0 Å². The van der Waals surface area contributed by atoms with Gasteiger partial charge >= 0.3 is 11.9 Å². The van der Waals surface area contributed by atoms with E-state index in [-0.39, 0.29) is 0 Å². The van der Waals surface area contributed by atoms with Gasteiger partial charge in [-0.3, -0.25) is 9.59 Å². The molecule has 2 rings (SSSR count). The molecule has 25 heavy (non-hydrogen) atoms. The number of rotatable bonds is 2. The Morgan fingerprint density at radius 2 is 1.20 bits per heavy atom. The van der Waals surface area contributed by atoms with Gasteiger partial charge in [-0.2, -0.15) is 0 Å². The van der Waals surface area contributed by atoms with Gasteiger partial charge in [-0.1, -0.05) is 0 Å². The van der Waals surface area contributed by atoms with Gasteiger partial charge in [-0.15, -0.1) is 0 Å². The largest absolute Gasteiger partial charge is 0.467 e. The summed E-state index contributed by atoms with van der Waals surface area (Å²) >= 11 is 0. The Labute approximate surface area is 150 Å². The summed E-state index contributed by atoms with van der Waals surface area (Å²) < 4.78 is 17.0. The summed E-state index contributed by atoms with van der Waals surface area (Å²) in [6.07, 6.45) is 7.02. The van der Waals surface area contributed by atoms with E-state index in [1.54, 1.807) is 12.2 Å². The van der Waals surface area contributed by atoms with Gasteiger partial charge in [0.1, 0.15) is 22.7 Å². The van der Waals surface area contributed by atoms with Crippen molar-refractivity contribution in [1.29, 1.82) is 0 Å². The van der Waals surface area contributed by atoms with Crippen molar-refractivity contribution in [2.24, 2.45) is 11.8 Å². The molecular weight excluding hydrogens is 320 g/mol. The van der Waals surface area contributed by atoms with Crippen LogP contribution in [0.15, 0.2) is 23.7 Å². The summed E-state index contributed by atoms with van der Waals surface area (Å²) in [5.74, 6) is -0.847. The minimum atomic E-state index is -0.736. The van der Waals surface area contributed by atoms with Crippen molar-refractivity contribution < 1.29 is 23.8 Å². The highest BCUT2D eigenvalue weighted by Crippen LogP contribution is 2.34. The lowest BCUT2D eigenvalue weighted by molar-refractivity contribution is -0.169. The normalized spacial score (nSPS) is 24.1. The predicted molar refractivity (Wildman–Crippen MR) is 94.4 cm³/mol. The Hall–Kier alpha value is -1.78. The van der Waals surface area contributed by atoms with Crippen LogP contribution in [0.25, 0.3) is 0 Å². The topological polar surface area (TPSA) is 61.8 Å². The van der Waals surface area contributed by atoms with E-state index >= 15 is 0 Å². The fraction of sp³-hybridized carbons (Fsp3) is 0.700. The summed E-state index contributed by atoms with van der Waals surface area (Å²) in [6.45, 7) is 10.9. The summed E-state index contributed by atoms with van der Waals surface area (Å²) in [6, 6.07) is 0. The molecule has 5 heteroatoms. The van der Waals surface area contributed by atoms with E-state index < -0.39 is 35.0 Å². The van der Waals surface area contributed by atoms with Crippen molar-refractivity contribution in [3.05, 3.63) is 23.7 Å². The molecule has 0 aromatic rings. The highest BCUT2D eigenvalue weighted by atomic mass is 16.6. The van der Waals surface area contributed by atoms with Crippen LogP contribution < -0.4 is 0 Å². The van der Waals surface area contributed by atoms with Crippen LogP contribution in [0.4, 0.5) is 0 Å². The van der Waals surface area contributed by atoms with Crippen LogP contribution in [0.2, 0.25) is 0 Å². The van der Waals surface area contributed by atoms with Crippen molar-refractivity contribution >= 4 is 11.9 Å². The Bertz CT molecular complexity index is 534. The zero-order chi connectivity index (χ0) is 18.8. The molecule has 2 heterocycles. The molecule has 0 aromatic carbocycles. The van der Waals surface area contributed by atoms with E-state index in [9.17, 15) is 9.59 Å². The fourth-order valence-corrected chi connectivity index (χ4v) is 2.88. The van der Waals surface area contributed by atoms with Crippen molar-refractivity contribution in [2.45, 2.75) is 78.4 Å². The molecule has 0 unspecified atom stereocenters. The zero-order valence-corrected chi connectivity index (χ0v) is 16.2. The predicted octanol–water partition coefficient (Wildman–Crippen LogP) is 4.27. The molecule has 0 saturated carbocycles. The van der Waals surface area contributed by atoms with E-state index in [2.05, 4.69) is 0 Å². The quantitative estimate of drug-likeness (QED) is 0.696. The summed E-state index contributed by atoms with van der Waals surface area (Å²) in [4.78, 5) is 25.5. The fourth-order valence-electron chi connectivity index (χ4n) is 2.88. The number of hydrogen-bond acceptors (Lipinski definition) is 5. The molecule has 2 atom stereocenters. The standard InChI is InChI=1S/C20H30O5/c1-19(2,3)24-17(21)15-11-13-9-7-8-10-14(23-13)12-16(15)18(22)25-20(4,5)6/h11-12,15-16H,7-10H2,1-6H3/t15-,16+. The van der Waals surface area contributed by atoms with Gasteiger partial charge in [0.05, 0.1) is 11.8 Å². The maximum absolute atomic E-state index is 12.8. The van der Waals surface area contributed by atoms with Crippen LogP contribution in [0, 0.1) is 11.8 Å². The number of fused-ring (bicyclic) bond motifs is 2. The molecule has 140 valence electrons. The second-order valence-corrected chi connectivity index (χ2v) is 8.69. The van der Waals surface area contributed by atoms with Crippen molar-refractivity contribution in [2.75, 3.05) is 0 Å². The number of carbonyl (C=O) groups is 2. The van der Waals surface area contributed by atoms with E-state index in [0.717, 1.165) is 37.2 Å². The SMILES string of the molecule is CC(C)(C)OC(=O)[C@H]1C=C2CCCCC(=C[C@H]1C(=O)OC(C)(C)C)O2. The average Bonchev–Trinajstić information content (AvgIpc) is 2.74. The van der Waals surface area contributed by atoms with Gasteiger partial charge in [0.25, 0.3) is 0 Å². The van der Waals surface area contributed by atoms with Gasteiger partial charge in [-0.25, -0.2) is 0 Å². The molecule has 1 fully saturated rings. The molecule has 2 bridgehead atoms. The molecule has 0 aliphatic carbocycles. The second kappa shape index (κ2) is 7.22. The lowest BCUT2D eigenvalue weighted by Gasteiger charge is -2.27. The minimum Gasteiger partial charge on any atom is -0.467 e. The third kappa shape index (κ3) is 5.91. The van der Waals surface area contributed by atoms with Crippen LogP contribution in [0.1, 0.15) is 67.2 Å². The van der Waals surface area contributed by atoms with E-state index in [0.29, 0.717) is 0 Å². The van der Waals surface area contributed by atoms with Gasteiger partial charge in [0.15, 0.2) is 0 Å². The zero-order valence-electron chi connectivity index (χ0n) is 16.2. The smallest absolute Gasteiger partial charge is 0.314 e. The first-order chi connectivity index (χ1) is 11.4. The molecule has 0 aromatic heterocycles. The Kier molecular flexibility index (Phi) is 5.65. The first kappa shape index (κ1) is 19.5. The van der Waals surface area contributed by atoms with Crippen molar-refractivity contribution in [1.82, 2.24) is 0 Å². The first-order valence-corrected chi connectivity index (χ1v) is 8.99. The molecule has 0 spiro atoms. The molecule has 0 amide bonds. The van der Waals surface area contributed by atoms with Crippen molar-refractivity contribution in [3.63, 3.8) is 0 Å². The maximum Gasteiger partial charge on any atom is 0.314 e. The number of allylic oxidation sites excluding steroid dienone is 2. The number of carbonyl (C=O) groups excluding carboxylic acids is 2. The van der Waals surface area contributed by atoms with Crippen LogP contribution in [-0.2, 0) is 23.8 Å². The monoisotopic (exact) mass is 350 g/mol. The number of hydrogen-bond donors (Lipinski definition) is 0. The second-order valence-electron chi connectivity index (χ2n) is 8.69. The van der Waals surface area contributed by atoms with Crippen LogP contribution >= 0.6 is 0 Å². The summed E-state index contributed by atoms with van der Waals surface area (Å²) in [5, 5.41) is 0. The number of esters is 2. The third-order valence-corrected chi connectivity index (χ3v) is 3.83. The molecule has 1 saturated heterocycles. The molecule has 5 nitrogen and oxygen atoms in total. The Morgan fingerprint density at radius 1 is 0.840 bits per heavy atom. The molecule has 2 aliphatic heterocycles. The van der Waals surface area contributed by atoms with Gasteiger partial charge in [-0.05, 0) is 66.5 Å². The van der Waals surface area contributed by atoms with Gasteiger partial charge < -0.3 is 14.2 Å². The Morgan fingerprint density at radius 3 is 1.52 bits per heavy atom. The van der Waals surface area contributed by atoms with Crippen LogP contribution in [0.3, 0.4) is 0 Å².